The lowest BCUT2D eigenvalue weighted by atomic mass is 10.2. The largest absolute Gasteiger partial charge is 0.348 e. The summed E-state index contributed by atoms with van der Waals surface area (Å²) in [5, 5.41) is 2.76. The molecule has 7 nitrogen and oxygen atoms in total. The summed E-state index contributed by atoms with van der Waals surface area (Å²) in [6.07, 6.45) is 5.35. The van der Waals surface area contributed by atoms with Crippen molar-refractivity contribution in [1.82, 2.24) is 25.3 Å². The molecule has 7 heteroatoms. The maximum atomic E-state index is 12.3. The number of nitrogens with one attached hydrogen (secondary N) is 2. The van der Waals surface area contributed by atoms with Crippen LogP contribution in [0, 0.1) is 0 Å². The van der Waals surface area contributed by atoms with E-state index in [0.29, 0.717) is 17.5 Å². The van der Waals surface area contributed by atoms with Crippen LogP contribution < -0.4 is 10.9 Å². The number of aromatic amines is 1. The Bertz CT molecular complexity index is 892. The summed E-state index contributed by atoms with van der Waals surface area (Å²) in [5.41, 5.74) is 1.28. The third-order valence-corrected chi connectivity index (χ3v) is 3.32. The summed E-state index contributed by atoms with van der Waals surface area (Å²) in [4.78, 5) is 39.2. The molecule has 0 spiro atoms. The van der Waals surface area contributed by atoms with Crippen LogP contribution in [0.4, 0.5) is 0 Å². The molecule has 2 aromatic heterocycles. The highest BCUT2D eigenvalue weighted by Crippen LogP contribution is 2.06. The second-order valence-electron chi connectivity index (χ2n) is 5.21. The van der Waals surface area contributed by atoms with Crippen LogP contribution in [0.15, 0.2) is 47.7 Å². The minimum Gasteiger partial charge on any atom is -0.348 e. The van der Waals surface area contributed by atoms with Crippen LogP contribution in [-0.2, 0) is 6.42 Å². The molecule has 23 heavy (non-hydrogen) atoms. The van der Waals surface area contributed by atoms with Crippen molar-refractivity contribution in [3.8, 4) is 0 Å². The third-order valence-electron chi connectivity index (χ3n) is 3.32. The van der Waals surface area contributed by atoms with Gasteiger partial charge in [0, 0.05) is 31.1 Å². The predicted molar refractivity (Wildman–Crippen MR) is 85.0 cm³/mol. The zero-order valence-corrected chi connectivity index (χ0v) is 12.5. The van der Waals surface area contributed by atoms with Gasteiger partial charge in [-0.15, -0.1) is 0 Å². The molecule has 0 bridgehead atoms. The van der Waals surface area contributed by atoms with Gasteiger partial charge >= 0.3 is 0 Å². The molecule has 3 rings (SSSR count). The van der Waals surface area contributed by atoms with Crippen molar-refractivity contribution in [3.63, 3.8) is 0 Å². The van der Waals surface area contributed by atoms with Gasteiger partial charge in [-0.1, -0.05) is 12.1 Å². The summed E-state index contributed by atoms with van der Waals surface area (Å²) >= 11 is 0. The Morgan fingerprint density at radius 2 is 2.13 bits per heavy atom. The molecular formula is C16H15N5O2. The fourth-order valence-electron chi connectivity index (χ4n) is 2.28. The number of para-hydroxylation sites is 2. The summed E-state index contributed by atoms with van der Waals surface area (Å²) in [7, 11) is 0. The molecule has 3 aromatic rings. The van der Waals surface area contributed by atoms with Crippen LogP contribution in [0.5, 0.6) is 0 Å². The number of fused-ring (bicyclic) bond motifs is 1. The molecule has 0 unspecified atom stereocenters. The van der Waals surface area contributed by atoms with Gasteiger partial charge in [-0.05, 0) is 19.1 Å². The first kappa shape index (κ1) is 14.8. The second-order valence-corrected chi connectivity index (χ2v) is 5.21. The number of H-pyrrole nitrogens is 1. The Hall–Kier alpha value is -3.09. The van der Waals surface area contributed by atoms with E-state index in [1.165, 1.54) is 0 Å². The first-order valence-electron chi connectivity index (χ1n) is 7.18. The van der Waals surface area contributed by atoms with Gasteiger partial charge in [-0.25, -0.2) is 4.98 Å². The predicted octanol–water partition coefficient (Wildman–Crippen LogP) is 1.07. The van der Waals surface area contributed by atoms with Gasteiger partial charge in [0.25, 0.3) is 11.5 Å². The number of hydrogen-bond donors (Lipinski definition) is 2. The number of carbonyl (C=O) groups is 1. The minimum absolute atomic E-state index is 0.144. The van der Waals surface area contributed by atoms with Gasteiger partial charge in [-0.2, -0.15) is 0 Å². The second kappa shape index (κ2) is 6.35. The summed E-state index contributed by atoms with van der Waals surface area (Å²) in [6.45, 7) is 1.84. The van der Waals surface area contributed by atoms with Crippen LogP contribution in [-0.4, -0.2) is 31.9 Å². The molecule has 2 heterocycles. The van der Waals surface area contributed by atoms with Crippen molar-refractivity contribution in [1.29, 1.82) is 0 Å². The number of nitrogens with zero attached hydrogens (tertiary/aromatic N) is 3. The molecule has 0 aliphatic rings. The van der Waals surface area contributed by atoms with E-state index in [0.717, 1.165) is 5.69 Å². The third kappa shape index (κ3) is 3.39. The van der Waals surface area contributed by atoms with Gasteiger partial charge in [-0.3, -0.25) is 19.6 Å². The Morgan fingerprint density at radius 3 is 2.91 bits per heavy atom. The van der Waals surface area contributed by atoms with E-state index in [1.807, 2.05) is 6.92 Å². The molecule has 0 saturated heterocycles. The Morgan fingerprint density at radius 1 is 1.30 bits per heavy atom. The molecule has 2 N–H and O–H groups in total. The molecular weight excluding hydrogens is 294 g/mol. The van der Waals surface area contributed by atoms with Gasteiger partial charge in [0.15, 0.2) is 5.69 Å². The zero-order chi connectivity index (χ0) is 16.2. The van der Waals surface area contributed by atoms with Crippen LogP contribution in [0.3, 0.4) is 0 Å². The minimum atomic E-state index is -0.507. The summed E-state index contributed by atoms with van der Waals surface area (Å²) < 4.78 is 0. The Balaban J connectivity index is 1.78. The highest BCUT2D eigenvalue weighted by atomic mass is 16.2. The van der Waals surface area contributed by atoms with Crippen molar-refractivity contribution in [2.45, 2.75) is 19.4 Å². The number of amides is 1. The van der Waals surface area contributed by atoms with Crippen molar-refractivity contribution < 1.29 is 4.79 Å². The molecule has 0 radical (unpaired) electrons. The Kier molecular flexibility index (Phi) is 4.09. The molecule has 1 atom stereocenters. The van der Waals surface area contributed by atoms with Crippen molar-refractivity contribution in [2.75, 3.05) is 0 Å². The number of aromatic nitrogens is 4. The molecule has 0 fully saturated rings. The van der Waals surface area contributed by atoms with E-state index in [1.54, 1.807) is 42.9 Å². The molecule has 116 valence electrons. The fraction of sp³-hybridized carbons (Fsp3) is 0.188. The number of rotatable bonds is 4. The standard InChI is InChI=1S/C16H15N5O2/c1-10(8-11-9-17-6-7-18-11)19-15(22)14-16(23)21-13-5-3-2-4-12(13)20-14/h2-7,9-10H,8H2,1H3,(H,19,22)(H,21,23)/t10-/m1/s1. The zero-order valence-electron chi connectivity index (χ0n) is 12.5. The lowest BCUT2D eigenvalue weighted by molar-refractivity contribution is 0.0933. The van der Waals surface area contributed by atoms with Crippen LogP contribution >= 0.6 is 0 Å². The van der Waals surface area contributed by atoms with Crippen LogP contribution in [0.25, 0.3) is 11.0 Å². The lowest BCUT2D eigenvalue weighted by Gasteiger charge is -2.12. The van der Waals surface area contributed by atoms with Crippen LogP contribution in [0.1, 0.15) is 23.1 Å². The van der Waals surface area contributed by atoms with E-state index in [2.05, 4.69) is 25.3 Å². The van der Waals surface area contributed by atoms with Crippen LogP contribution in [0.2, 0.25) is 0 Å². The van der Waals surface area contributed by atoms with Gasteiger partial charge in [0.2, 0.25) is 0 Å². The van der Waals surface area contributed by atoms with Gasteiger partial charge < -0.3 is 10.3 Å². The molecule has 1 aromatic carbocycles. The number of benzene rings is 1. The first-order chi connectivity index (χ1) is 11.1. The normalized spacial score (nSPS) is 12.0. The highest BCUT2D eigenvalue weighted by molar-refractivity contribution is 5.93. The quantitative estimate of drug-likeness (QED) is 0.751. The van der Waals surface area contributed by atoms with Gasteiger partial charge in [0.1, 0.15) is 0 Å². The summed E-state index contributed by atoms with van der Waals surface area (Å²) in [5.74, 6) is -0.506. The molecule has 1 amide bonds. The first-order valence-corrected chi connectivity index (χ1v) is 7.18. The monoisotopic (exact) mass is 309 g/mol. The maximum absolute atomic E-state index is 12.3. The Labute approximate surface area is 131 Å². The van der Waals surface area contributed by atoms with Crippen molar-refractivity contribution in [2.24, 2.45) is 0 Å². The lowest BCUT2D eigenvalue weighted by Crippen LogP contribution is -2.38. The molecule has 0 saturated carbocycles. The fourth-order valence-corrected chi connectivity index (χ4v) is 2.28. The van der Waals surface area contributed by atoms with Crippen molar-refractivity contribution >= 4 is 16.9 Å². The van der Waals surface area contributed by atoms with E-state index >= 15 is 0 Å². The number of carbonyl (C=O) groups excluding carboxylic acids is 1. The van der Waals surface area contributed by atoms with E-state index in [-0.39, 0.29) is 11.7 Å². The topological polar surface area (TPSA) is 101 Å². The smallest absolute Gasteiger partial charge is 0.280 e. The SMILES string of the molecule is C[C@H](Cc1cnccn1)NC(=O)c1nc2ccccc2[nH]c1=O. The van der Waals surface area contributed by atoms with Gasteiger partial charge in [0.05, 0.1) is 16.7 Å². The van der Waals surface area contributed by atoms with E-state index in [4.69, 9.17) is 0 Å². The number of hydrogen-bond acceptors (Lipinski definition) is 5. The van der Waals surface area contributed by atoms with Crippen molar-refractivity contribution in [3.05, 3.63) is 64.6 Å². The van der Waals surface area contributed by atoms with E-state index < -0.39 is 11.5 Å². The molecule has 0 aliphatic carbocycles. The molecule has 0 aliphatic heterocycles. The average Bonchev–Trinajstić information content (AvgIpc) is 2.55. The highest BCUT2D eigenvalue weighted by Gasteiger charge is 2.16. The summed E-state index contributed by atoms with van der Waals surface area (Å²) in [6, 6.07) is 6.87. The maximum Gasteiger partial charge on any atom is 0.280 e. The van der Waals surface area contributed by atoms with E-state index in [9.17, 15) is 9.59 Å². The average molecular weight is 309 g/mol.